The van der Waals surface area contributed by atoms with Crippen molar-refractivity contribution in [2.75, 3.05) is 11.9 Å². The molecular weight excluding hydrogens is 256 g/mol. The summed E-state index contributed by atoms with van der Waals surface area (Å²) in [5, 5.41) is 20.1. The third-order valence-corrected chi connectivity index (χ3v) is 2.38. The van der Waals surface area contributed by atoms with E-state index in [1.807, 2.05) is 0 Å². The van der Waals surface area contributed by atoms with Crippen LogP contribution in [0.25, 0.3) is 0 Å². The Bertz CT molecular complexity index is 428. The highest BCUT2D eigenvalue weighted by atomic mass is 35.5. The molecule has 0 aliphatic carbocycles. The third kappa shape index (κ3) is 3.28. The Balaban J connectivity index is 2.87. The van der Waals surface area contributed by atoms with Crippen LogP contribution in [0.3, 0.4) is 0 Å². The van der Waals surface area contributed by atoms with Gasteiger partial charge in [0.2, 0.25) is 0 Å². The number of anilines is 1. The second kappa shape index (κ2) is 4.85. The van der Waals surface area contributed by atoms with Crippen LogP contribution in [0.15, 0.2) is 12.1 Å². The Hall–Kier alpha value is -1.40. The predicted molar refractivity (Wildman–Crippen MR) is 58.1 cm³/mol. The van der Waals surface area contributed by atoms with Gasteiger partial charge in [0.15, 0.2) is 11.4 Å². The van der Waals surface area contributed by atoms with Crippen molar-refractivity contribution in [2.45, 2.75) is 12.5 Å². The van der Waals surface area contributed by atoms with Crippen LogP contribution in [0.1, 0.15) is 6.92 Å². The summed E-state index contributed by atoms with van der Waals surface area (Å²) in [6.07, 6.45) is 0. The summed E-state index contributed by atoms with van der Waals surface area (Å²) in [4.78, 5) is 10.6. The van der Waals surface area contributed by atoms with Gasteiger partial charge in [0.1, 0.15) is 5.82 Å². The molecule has 1 aromatic carbocycles. The number of halogens is 3. The molecule has 0 bridgehead atoms. The van der Waals surface area contributed by atoms with Gasteiger partial charge in [-0.2, -0.15) is 0 Å². The lowest BCUT2D eigenvalue weighted by atomic mass is 10.1. The van der Waals surface area contributed by atoms with E-state index >= 15 is 0 Å². The number of aliphatic hydroxyl groups is 1. The Labute approximate surface area is 101 Å². The maximum atomic E-state index is 13.3. The van der Waals surface area contributed by atoms with Crippen LogP contribution in [-0.2, 0) is 4.79 Å². The number of carboxylic acid groups (broad SMARTS) is 1. The first-order valence-corrected chi connectivity index (χ1v) is 4.96. The molecule has 0 aromatic heterocycles. The van der Waals surface area contributed by atoms with Gasteiger partial charge in [-0.05, 0) is 13.0 Å². The molecule has 0 aliphatic rings. The van der Waals surface area contributed by atoms with Crippen molar-refractivity contribution in [1.29, 1.82) is 0 Å². The monoisotopic (exact) mass is 265 g/mol. The largest absolute Gasteiger partial charge is 0.479 e. The Morgan fingerprint density at radius 3 is 2.59 bits per heavy atom. The van der Waals surface area contributed by atoms with E-state index in [1.54, 1.807) is 0 Å². The summed E-state index contributed by atoms with van der Waals surface area (Å²) in [5.74, 6) is -3.28. The number of benzene rings is 1. The number of rotatable bonds is 4. The quantitative estimate of drug-likeness (QED) is 0.777. The van der Waals surface area contributed by atoms with Crippen LogP contribution in [-0.4, -0.2) is 28.3 Å². The van der Waals surface area contributed by atoms with Gasteiger partial charge in [0.25, 0.3) is 0 Å². The van der Waals surface area contributed by atoms with E-state index in [1.165, 1.54) is 0 Å². The number of hydrogen-bond donors (Lipinski definition) is 3. The molecule has 0 fully saturated rings. The zero-order valence-corrected chi connectivity index (χ0v) is 9.55. The van der Waals surface area contributed by atoms with Gasteiger partial charge in [-0.1, -0.05) is 11.6 Å². The number of carbonyl (C=O) groups is 1. The Morgan fingerprint density at radius 1 is 1.53 bits per heavy atom. The third-order valence-electron chi connectivity index (χ3n) is 2.08. The Kier molecular flexibility index (Phi) is 3.90. The van der Waals surface area contributed by atoms with Crippen LogP contribution >= 0.6 is 11.6 Å². The van der Waals surface area contributed by atoms with Gasteiger partial charge in [0.05, 0.1) is 17.3 Å². The molecule has 0 amide bonds. The first-order valence-electron chi connectivity index (χ1n) is 4.58. The molecule has 0 saturated carbocycles. The lowest BCUT2D eigenvalue weighted by molar-refractivity contribution is -0.155. The van der Waals surface area contributed by atoms with Crippen molar-refractivity contribution in [1.82, 2.24) is 0 Å². The molecule has 0 spiro atoms. The number of carboxylic acids is 1. The van der Waals surface area contributed by atoms with Crippen molar-refractivity contribution in [3.8, 4) is 0 Å². The van der Waals surface area contributed by atoms with Crippen LogP contribution < -0.4 is 5.32 Å². The van der Waals surface area contributed by atoms with E-state index < -0.39 is 29.7 Å². The molecule has 0 aliphatic heterocycles. The van der Waals surface area contributed by atoms with Gasteiger partial charge in [-0.15, -0.1) is 0 Å². The van der Waals surface area contributed by atoms with Gasteiger partial charge >= 0.3 is 5.97 Å². The standard InChI is InChI=1S/C10H10ClF2NO3/c1-10(17,9(15)16)4-14-8-6(11)2-5(12)3-7(8)13/h2-3,14,17H,4H2,1H3,(H,15,16). The van der Waals surface area contributed by atoms with Crippen LogP contribution in [0.2, 0.25) is 5.02 Å². The van der Waals surface area contributed by atoms with Crippen molar-refractivity contribution >= 4 is 23.3 Å². The molecule has 1 atom stereocenters. The average molecular weight is 266 g/mol. The fourth-order valence-electron chi connectivity index (χ4n) is 1.05. The predicted octanol–water partition coefficient (Wildman–Crippen LogP) is 1.87. The van der Waals surface area contributed by atoms with E-state index in [-0.39, 0.29) is 10.7 Å². The van der Waals surface area contributed by atoms with Gasteiger partial charge in [-0.25, -0.2) is 13.6 Å². The minimum absolute atomic E-state index is 0.233. The molecule has 0 saturated heterocycles. The van der Waals surface area contributed by atoms with Crippen LogP contribution in [0.4, 0.5) is 14.5 Å². The first kappa shape index (κ1) is 13.7. The fourth-order valence-corrected chi connectivity index (χ4v) is 1.31. The first-order chi connectivity index (χ1) is 7.74. The summed E-state index contributed by atoms with van der Waals surface area (Å²) >= 11 is 5.57. The van der Waals surface area contributed by atoms with Crippen molar-refractivity contribution in [2.24, 2.45) is 0 Å². The lowest BCUT2D eigenvalue weighted by Crippen LogP contribution is -2.42. The zero-order valence-electron chi connectivity index (χ0n) is 8.80. The molecule has 1 aromatic rings. The average Bonchev–Trinajstić information content (AvgIpc) is 2.15. The maximum Gasteiger partial charge on any atom is 0.337 e. The van der Waals surface area contributed by atoms with Gasteiger partial charge < -0.3 is 15.5 Å². The number of aliphatic carboxylic acids is 1. The summed E-state index contributed by atoms with van der Waals surface area (Å²) in [5.41, 5.74) is -2.33. The SMILES string of the molecule is CC(O)(CNc1c(F)cc(F)cc1Cl)C(=O)O. The number of hydrogen-bond acceptors (Lipinski definition) is 3. The van der Waals surface area contributed by atoms with E-state index in [2.05, 4.69) is 5.32 Å². The molecule has 7 heteroatoms. The van der Waals surface area contributed by atoms with Crippen molar-refractivity contribution in [3.05, 3.63) is 28.8 Å². The molecule has 1 rings (SSSR count). The van der Waals surface area contributed by atoms with Gasteiger partial charge in [-0.3, -0.25) is 0 Å². The molecule has 1 unspecified atom stereocenters. The summed E-state index contributed by atoms with van der Waals surface area (Å²) in [6.45, 7) is 0.572. The zero-order chi connectivity index (χ0) is 13.2. The molecule has 17 heavy (non-hydrogen) atoms. The Morgan fingerprint density at radius 2 is 2.12 bits per heavy atom. The molecule has 94 valence electrons. The molecule has 0 heterocycles. The minimum Gasteiger partial charge on any atom is -0.479 e. The summed E-state index contributed by atoms with van der Waals surface area (Å²) < 4.78 is 26.0. The van der Waals surface area contributed by atoms with Crippen LogP contribution in [0.5, 0.6) is 0 Å². The lowest BCUT2D eigenvalue weighted by Gasteiger charge is -2.19. The molecule has 4 nitrogen and oxygen atoms in total. The van der Waals surface area contributed by atoms with Gasteiger partial charge in [0, 0.05) is 6.07 Å². The van der Waals surface area contributed by atoms with E-state index in [0.29, 0.717) is 6.07 Å². The topological polar surface area (TPSA) is 69.6 Å². The highest BCUT2D eigenvalue weighted by molar-refractivity contribution is 6.33. The van der Waals surface area contributed by atoms with Crippen molar-refractivity contribution < 1.29 is 23.8 Å². The minimum atomic E-state index is -2.08. The van der Waals surface area contributed by atoms with E-state index in [0.717, 1.165) is 13.0 Å². The summed E-state index contributed by atoms with van der Waals surface area (Å²) in [6, 6.07) is 1.48. The van der Waals surface area contributed by atoms with E-state index in [4.69, 9.17) is 16.7 Å². The summed E-state index contributed by atoms with van der Waals surface area (Å²) in [7, 11) is 0. The normalized spacial score (nSPS) is 14.2. The van der Waals surface area contributed by atoms with Crippen LogP contribution in [0, 0.1) is 11.6 Å². The highest BCUT2D eigenvalue weighted by Gasteiger charge is 2.30. The second-order valence-corrected chi connectivity index (χ2v) is 4.08. The number of nitrogens with one attached hydrogen (secondary N) is 1. The molecular formula is C10H10ClF2NO3. The fraction of sp³-hybridized carbons (Fsp3) is 0.300. The second-order valence-electron chi connectivity index (χ2n) is 3.68. The highest BCUT2D eigenvalue weighted by Crippen LogP contribution is 2.26. The van der Waals surface area contributed by atoms with E-state index in [9.17, 15) is 18.7 Å². The molecule has 0 radical (unpaired) electrons. The maximum absolute atomic E-state index is 13.3. The molecule has 3 N–H and O–H groups in total. The van der Waals surface area contributed by atoms with Crippen molar-refractivity contribution in [3.63, 3.8) is 0 Å². The smallest absolute Gasteiger partial charge is 0.337 e.